The first-order valence-electron chi connectivity index (χ1n) is 5.27. The van der Waals surface area contributed by atoms with Gasteiger partial charge >= 0.3 is 0 Å². The number of pyridine rings is 1. The largest absolute Gasteiger partial charge is 0.371 e. The second kappa shape index (κ2) is 4.45. The summed E-state index contributed by atoms with van der Waals surface area (Å²) in [6.45, 7) is 3.50. The van der Waals surface area contributed by atoms with Crippen molar-refractivity contribution in [2.45, 2.75) is 13.8 Å². The van der Waals surface area contributed by atoms with E-state index >= 15 is 0 Å². The molecule has 4 nitrogen and oxygen atoms in total. The Balaban J connectivity index is 2.56. The number of hydrogen-bond donors (Lipinski definition) is 1. The first-order chi connectivity index (χ1) is 8.11. The molecule has 0 radical (unpaired) electrons. The summed E-state index contributed by atoms with van der Waals surface area (Å²) in [5.74, 6) is 0.191. The van der Waals surface area contributed by atoms with E-state index in [4.69, 9.17) is 0 Å². The molecule has 0 saturated heterocycles. The van der Waals surface area contributed by atoms with Crippen LogP contribution in [0.2, 0.25) is 0 Å². The number of nitrogens with one attached hydrogen (secondary N) is 1. The maximum absolute atomic E-state index is 13.6. The monoisotopic (exact) mass is 232 g/mol. The molecule has 2 heterocycles. The van der Waals surface area contributed by atoms with Crippen molar-refractivity contribution in [2.24, 2.45) is 0 Å². The lowest BCUT2D eigenvalue weighted by Crippen LogP contribution is -2.04. The molecule has 0 atom stereocenters. The van der Waals surface area contributed by atoms with Crippen LogP contribution in [-0.4, -0.2) is 22.0 Å². The number of aromatic nitrogens is 3. The third-order valence-corrected chi connectivity index (χ3v) is 2.37. The van der Waals surface area contributed by atoms with Crippen LogP contribution in [0.3, 0.4) is 0 Å². The van der Waals surface area contributed by atoms with Crippen molar-refractivity contribution in [1.82, 2.24) is 15.0 Å². The van der Waals surface area contributed by atoms with Gasteiger partial charge in [0, 0.05) is 12.7 Å². The van der Waals surface area contributed by atoms with Crippen LogP contribution in [-0.2, 0) is 0 Å². The lowest BCUT2D eigenvalue weighted by molar-refractivity contribution is 0.607. The highest BCUT2D eigenvalue weighted by Crippen LogP contribution is 2.19. The van der Waals surface area contributed by atoms with Crippen molar-refractivity contribution in [3.63, 3.8) is 0 Å². The van der Waals surface area contributed by atoms with Crippen molar-refractivity contribution in [1.29, 1.82) is 0 Å². The quantitative estimate of drug-likeness (QED) is 0.863. The van der Waals surface area contributed by atoms with Crippen molar-refractivity contribution in [2.75, 3.05) is 12.4 Å². The minimum Gasteiger partial charge on any atom is -0.371 e. The topological polar surface area (TPSA) is 50.7 Å². The molecule has 0 aromatic carbocycles. The van der Waals surface area contributed by atoms with Gasteiger partial charge in [0.25, 0.3) is 0 Å². The predicted molar refractivity (Wildman–Crippen MR) is 64.2 cm³/mol. The maximum Gasteiger partial charge on any atom is 0.186 e. The van der Waals surface area contributed by atoms with Gasteiger partial charge in [-0.2, -0.15) is 0 Å². The van der Waals surface area contributed by atoms with Gasteiger partial charge < -0.3 is 5.32 Å². The van der Waals surface area contributed by atoms with Crippen LogP contribution in [0.25, 0.3) is 11.5 Å². The minimum absolute atomic E-state index is 0.191. The number of hydrogen-bond acceptors (Lipinski definition) is 4. The lowest BCUT2D eigenvalue weighted by atomic mass is 10.3. The molecular formula is C12H13FN4. The zero-order valence-corrected chi connectivity index (χ0v) is 9.95. The molecule has 88 valence electrons. The molecule has 2 rings (SSSR count). The Kier molecular flexibility index (Phi) is 2.99. The first-order valence-corrected chi connectivity index (χ1v) is 5.27. The molecule has 0 bridgehead atoms. The lowest BCUT2D eigenvalue weighted by Gasteiger charge is -2.07. The third kappa shape index (κ3) is 2.22. The van der Waals surface area contributed by atoms with E-state index in [2.05, 4.69) is 20.3 Å². The molecule has 0 spiro atoms. The number of anilines is 1. The van der Waals surface area contributed by atoms with E-state index < -0.39 is 5.82 Å². The molecule has 0 unspecified atom stereocenters. The Bertz CT molecular complexity index is 554. The Labute approximate surface area is 99.0 Å². The average molecular weight is 232 g/mol. The summed E-state index contributed by atoms with van der Waals surface area (Å²) in [6.07, 6.45) is 0. The average Bonchev–Trinajstić information content (AvgIpc) is 2.32. The summed E-state index contributed by atoms with van der Waals surface area (Å²) < 4.78 is 13.6. The second-order valence-corrected chi connectivity index (χ2v) is 3.71. The number of rotatable bonds is 2. The van der Waals surface area contributed by atoms with Gasteiger partial charge in [0.05, 0.1) is 5.69 Å². The van der Waals surface area contributed by atoms with Gasteiger partial charge in [-0.05, 0) is 26.0 Å². The van der Waals surface area contributed by atoms with Gasteiger partial charge in [0.1, 0.15) is 5.69 Å². The highest BCUT2D eigenvalue weighted by atomic mass is 19.1. The van der Waals surface area contributed by atoms with Crippen LogP contribution >= 0.6 is 0 Å². The summed E-state index contributed by atoms with van der Waals surface area (Å²) in [6, 6.07) is 5.57. The molecule has 0 amide bonds. The van der Waals surface area contributed by atoms with E-state index in [1.165, 1.54) is 0 Å². The molecule has 2 aromatic rings. The van der Waals surface area contributed by atoms with E-state index in [1.54, 1.807) is 20.0 Å². The van der Waals surface area contributed by atoms with Crippen LogP contribution in [0.15, 0.2) is 18.2 Å². The van der Waals surface area contributed by atoms with Gasteiger partial charge in [-0.3, -0.25) is 0 Å². The normalized spacial score (nSPS) is 10.4. The van der Waals surface area contributed by atoms with Gasteiger partial charge in [-0.25, -0.2) is 19.3 Å². The van der Waals surface area contributed by atoms with E-state index in [-0.39, 0.29) is 5.82 Å². The van der Waals surface area contributed by atoms with E-state index in [0.29, 0.717) is 17.2 Å². The Morgan fingerprint density at radius 1 is 1.12 bits per heavy atom. The van der Waals surface area contributed by atoms with Crippen LogP contribution in [0, 0.1) is 19.7 Å². The third-order valence-electron chi connectivity index (χ3n) is 2.37. The maximum atomic E-state index is 13.6. The molecule has 5 heteroatoms. The number of halogens is 1. The summed E-state index contributed by atoms with van der Waals surface area (Å²) in [4.78, 5) is 12.5. The second-order valence-electron chi connectivity index (χ2n) is 3.71. The first kappa shape index (κ1) is 11.4. The van der Waals surface area contributed by atoms with Crippen molar-refractivity contribution in [3.8, 4) is 11.5 Å². The fourth-order valence-corrected chi connectivity index (χ4v) is 1.51. The fourth-order valence-electron chi connectivity index (χ4n) is 1.51. The molecule has 1 N–H and O–H groups in total. The number of nitrogens with zero attached hydrogens (tertiary/aromatic N) is 3. The minimum atomic E-state index is -0.427. The molecule has 0 aliphatic rings. The van der Waals surface area contributed by atoms with E-state index in [0.717, 1.165) is 5.69 Å². The molecule has 0 aliphatic carbocycles. The summed E-state index contributed by atoms with van der Waals surface area (Å²) in [5, 5.41) is 2.71. The Morgan fingerprint density at radius 3 is 2.53 bits per heavy atom. The highest BCUT2D eigenvalue weighted by Gasteiger charge is 2.12. The molecular weight excluding hydrogens is 219 g/mol. The van der Waals surface area contributed by atoms with E-state index in [1.807, 2.05) is 19.1 Å². The Hall–Kier alpha value is -2.04. The molecule has 2 aromatic heterocycles. The molecule has 0 saturated carbocycles. The number of aryl methyl sites for hydroxylation is 2. The SMILES string of the molecule is CNc1nc(-c2cccc(C)n2)nc(C)c1F. The Morgan fingerprint density at radius 2 is 1.88 bits per heavy atom. The smallest absolute Gasteiger partial charge is 0.186 e. The predicted octanol–water partition coefficient (Wildman–Crippen LogP) is 2.34. The van der Waals surface area contributed by atoms with Crippen molar-refractivity contribution >= 4 is 5.82 Å². The molecule has 17 heavy (non-hydrogen) atoms. The standard InChI is InChI=1S/C12H13FN4/c1-7-5-4-6-9(15-7)11-16-8(2)10(13)12(14-3)17-11/h4-6H,1-3H3,(H,14,16,17). The summed E-state index contributed by atoms with van der Waals surface area (Å²) in [7, 11) is 1.62. The van der Waals surface area contributed by atoms with Crippen LogP contribution in [0.4, 0.5) is 10.2 Å². The molecule has 0 fully saturated rings. The zero-order valence-electron chi connectivity index (χ0n) is 9.95. The van der Waals surface area contributed by atoms with Crippen LogP contribution < -0.4 is 5.32 Å². The molecule has 0 aliphatic heterocycles. The van der Waals surface area contributed by atoms with Gasteiger partial charge in [-0.15, -0.1) is 0 Å². The van der Waals surface area contributed by atoms with Crippen LogP contribution in [0.1, 0.15) is 11.4 Å². The van der Waals surface area contributed by atoms with Gasteiger partial charge in [0.15, 0.2) is 17.5 Å². The van der Waals surface area contributed by atoms with E-state index in [9.17, 15) is 4.39 Å². The zero-order chi connectivity index (χ0) is 12.4. The van der Waals surface area contributed by atoms with Crippen molar-refractivity contribution in [3.05, 3.63) is 35.4 Å². The fraction of sp³-hybridized carbons (Fsp3) is 0.250. The highest BCUT2D eigenvalue weighted by molar-refractivity contribution is 5.53. The van der Waals surface area contributed by atoms with Crippen LogP contribution in [0.5, 0.6) is 0 Å². The van der Waals surface area contributed by atoms with Crippen molar-refractivity contribution < 1.29 is 4.39 Å². The summed E-state index contributed by atoms with van der Waals surface area (Å²) >= 11 is 0. The van der Waals surface area contributed by atoms with Gasteiger partial charge in [0.2, 0.25) is 0 Å². The van der Waals surface area contributed by atoms with Gasteiger partial charge in [-0.1, -0.05) is 6.07 Å². The summed E-state index contributed by atoms with van der Waals surface area (Å²) in [5.41, 5.74) is 1.83.